The fourth-order valence-corrected chi connectivity index (χ4v) is 1.86. The van der Waals surface area contributed by atoms with Crippen molar-refractivity contribution in [2.75, 3.05) is 13.7 Å². The zero-order valence-corrected chi connectivity index (χ0v) is 11.1. The molecule has 1 unspecified atom stereocenters. The molecule has 0 spiro atoms. The monoisotopic (exact) mass is 257 g/mol. The Morgan fingerprint density at radius 2 is 2.24 bits per heavy atom. The van der Waals surface area contributed by atoms with E-state index in [0.29, 0.717) is 11.1 Å². The van der Waals surface area contributed by atoms with E-state index in [0.717, 1.165) is 30.7 Å². The molecule has 0 saturated heterocycles. The summed E-state index contributed by atoms with van der Waals surface area (Å²) >= 11 is 5.96. The third kappa shape index (κ3) is 4.94. The van der Waals surface area contributed by atoms with Crippen LogP contribution in [0.1, 0.15) is 25.3 Å². The van der Waals surface area contributed by atoms with Crippen LogP contribution in [0, 0.1) is 0 Å². The van der Waals surface area contributed by atoms with Gasteiger partial charge in [-0.25, -0.2) is 0 Å². The van der Waals surface area contributed by atoms with Crippen LogP contribution in [0.15, 0.2) is 18.2 Å². The Bertz CT molecular complexity index is 344. The first kappa shape index (κ1) is 14.3. The van der Waals surface area contributed by atoms with Crippen LogP contribution in [0.25, 0.3) is 0 Å². The van der Waals surface area contributed by atoms with E-state index in [1.165, 1.54) is 0 Å². The topological polar surface area (TPSA) is 41.5 Å². The van der Waals surface area contributed by atoms with Gasteiger partial charge in [-0.2, -0.15) is 0 Å². The van der Waals surface area contributed by atoms with Gasteiger partial charge in [0.2, 0.25) is 0 Å². The summed E-state index contributed by atoms with van der Waals surface area (Å²) in [4.78, 5) is 0. The SMILES string of the molecule is COc1ccc(Cl)cc1CNC(C)CCCO. The highest BCUT2D eigenvalue weighted by Gasteiger charge is 2.06. The van der Waals surface area contributed by atoms with Crippen molar-refractivity contribution in [3.63, 3.8) is 0 Å². The second kappa shape index (κ2) is 7.54. The third-order valence-electron chi connectivity index (χ3n) is 2.68. The van der Waals surface area contributed by atoms with Crippen molar-refractivity contribution in [3.8, 4) is 5.75 Å². The van der Waals surface area contributed by atoms with E-state index >= 15 is 0 Å². The molecular formula is C13H20ClNO2. The maximum atomic E-state index is 8.75. The van der Waals surface area contributed by atoms with Crippen LogP contribution in [0.3, 0.4) is 0 Å². The second-order valence-corrected chi connectivity index (χ2v) is 4.54. The molecule has 1 rings (SSSR count). The number of methoxy groups -OCH3 is 1. The summed E-state index contributed by atoms with van der Waals surface area (Å²) in [6.07, 6.45) is 1.78. The van der Waals surface area contributed by atoms with Crippen LogP contribution < -0.4 is 10.1 Å². The standard InChI is InChI=1S/C13H20ClNO2/c1-10(4-3-7-16)15-9-11-8-12(14)5-6-13(11)17-2/h5-6,8,10,15-16H,3-4,7,9H2,1-2H3. The van der Waals surface area contributed by atoms with Crippen molar-refractivity contribution >= 4 is 11.6 Å². The summed E-state index contributed by atoms with van der Waals surface area (Å²) in [6, 6.07) is 5.97. The summed E-state index contributed by atoms with van der Waals surface area (Å²) in [5.74, 6) is 0.844. The molecule has 1 atom stereocenters. The van der Waals surface area contributed by atoms with E-state index in [2.05, 4.69) is 12.2 Å². The third-order valence-corrected chi connectivity index (χ3v) is 2.91. The molecule has 0 aliphatic carbocycles. The zero-order chi connectivity index (χ0) is 12.7. The largest absolute Gasteiger partial charge is 0.496 e. The van der Waals surface area contributed by atoms with Crippen LogP contribution in [0.5, 0.6) is 5.75 Å². The highest BCUT2D eigenvalue weighted by atomic mass is 35.5. The summed E-state index contributed by atoms with van der Waals surface area (Å²) < 4.78 is 5.28. The maximum Gasteiger partial charge on any atom is 0.123 e. The Hall–Kier alpha value is -0.770. The molecule has 1 aromatic rings. The minimum Gasteiger partial charge on any atom is -0.496 e. The molecule has 0 aliphatic rings. The molecule has 0 amide bonds. The number of nitrogens with one attached hydrogen (secondary N) is 1. The Kier molecular flexibility index (Phi) is 6.34. The van der Waals surface area contributed by atoms with Crippen molar-refractivity contribution in [1.82, 2.24) is 5.32 Å². The molecule has 0 bridgehead atoms. The normalized spacial score (nSPS) is 12.5. The first-order chi connectivity index (χ1) is 8.17. The van der Waals surface area contributed by atoms with Gasteiger partial charge in [0.15, 0.2) is 0 Å². The minimum atomic E-state index is 0.243. The summed E-state index contributed by atoms with van der Waals surface area (Å²) in [6.45, 7) is 3.06. The number of aliphatic hydroxyl groups excluding tert-OH is 1. The van der Waals surface area contributed by atoms with Gasteiger partial charge in [-0.15, -0.1) is 0 Å². The van der Waals surface area contributed by atoms with E-state index < -0.39 is 0 Å². The lowest BCUT2D eigenvalue weighted by molar-refractivity contribution is 0.276. The lowest BCUT2D eigenvalue weighted by Gasteiger charge is -2.15. The van der Waals surface area contributed by atoms with Gasteiger partial charge in [-0.05, 0) is 38.0 Å². The summed E-state index contributed by atoms with van der Waals surface area (Å²) in [5, 5.41) is 12.9. The minimum absolute atomic E-state index is 0.243. The average molecular weight is 258 g/mol. The molecule has 3 nitrogen and oxygen atoms in total. The predicted molar refractivity (Wildman–Crippen MR) is 70.6 cm³/mol. The number of halogens is 1. The van der Waals surface area contributed by atoms with Gasteiger partial charge < -0.3 is 15.2 Å². The molecule has 0 heterocycles. The van der Waals surface area contributed by atoms with Gasteiger partial charge in [-0.3, -0.25) is 0 Å². The molecule has 96 valence electrons. The van der Waals surface area contributed by atoms with Crippen LogP contribution in [-0.2, 0) is 6.54 Å². The molecular weight excluding hydrogens is 238 g/mol. The summed E-state index contributed by atoms with van der Waals surface area (Å²) in [7, 11) is 1.65. The van der Waals surface area contributed by atoms with E-state index in [9.17, 15) is 0 Å². The van der Waals surface area contributed by atoms with Crippen LogP contribution in [-0.4, -0.2) is 24.9 Å². The quantitative estimate of drug-likeness (QED) is 0.789. The van der Waals surface area contributed by atoms with Crippen molar-refractivity contribution in [3.05, 3.63) is 28.8 Å². The van der Waals surface area contributed by atoms with Crippen molar-refractivity contribution in [2.24, 2.45) is 0 Å². The van der Waals surface area contributed by atoms with Gasteiger partial charge in [0, 0.05) is 29.8 Å². The van der Waals surface area contributed by atoms with E-state index in [4.69, 9.17) is 21.4 Å². The molecule has 1 aromatic carbocycles. The first-order valence-electron chi connectivity index (χ1n) is 5.84. The van der Waals surface area contributed by atoms with Gasteiger partial charge in [0.25, 0.3) is 0 Å². The van der Waals surface area contributed by atoms with Crippen molar-refractivity contribution in [1.29, 1.82) is 0 Å². The lowest BCUT2D eigenvalue weighted by atomic mass is 10.1. The van der Waals surface area contributed by atoms with E-state index in [1.54, 1.807) is 7.11 Å². The molecule has 17 heavy (non-hydrogen) atoms. The molecule has 0 aromatic heterocycles. The van der Waals surface area contributed by atoms with Crippen molar-refractivity contribution in [2.45, 2.75) is 32.4 Å². The molecule has 0 radical (unpaired) electrons. The molecule has 2 N–H and O–H groups in total. The molecule has 0 aliphatic heterocycles. The van der Waals surface area contributed by atoms with Gasteiger partial charge >= 0.3 is 0 Å². The molecule has 4 heteroatoms. The fourth-order valence-electron chi connectivity index (χ4n) is 1.67. The number of rotatable bonds is 7. The number of ether oxygens (including phenoxy) is 1. The smallest absolute Gasteiger partial charge is 0.123 e. The Morgan fingerprint density at radius 3 is 2.88 bits per heavy atom. The van der Waals surface area contributed by atoms with Gasteiger partial charge in [0.1, 0.15) is 5.75 Å². The van der Waals surface area contributed by atoms with E-state index in [1.807, 2.05) is 18.2 Å². The zero-order valence-electron chi connectivity index (χ0n) is 10.4. The first-order valence-corrected chi connectivity index (χ1v) is 6.21. The summed E-state index contributed by atoms with van der Waals surface area (Å²) in [5.41, 5.74) is 1.05. The molecule has 0 fully saturated rings. The average Bonchev–Trinajstić information content (AvgIpc) is 2.34. The number of hydrogen-bond acceptors (Lipinski definition) is 3. The Labute approximate surface area is 108 Å². The second-order valence-electron chi connectivity index (χ2n) is 4.10. The highest BCUT2D eigenvalue weighted by molar-refractivity contribution is 6.30. The fraction of sp³-hybridized carbons (Fsp3) is 0.538. The van der Waals surface area contributed by atoms with Crippen LogP contribution >= 0.6 is 11.6 Å². The highest BCUT2D eigenvalue weighted by Crippen LogP contribution is 2.22. The Morgan fingerprint density at radius 1 is 1.47 bits per heavy atom. The van der Waals surface area contributed by atoms with Gasteiger partial charge in [0.05, 0.1) is 7.11 Å². The van der Waals surface area contributed by atoms with Crippen LogP contribution in [0.4, 0.5) is 0 Å². The van der Waals surface area contributed by atoms with Gasteiger partial charge in [-0.1, -0.05) is 11.6 Å². The Balaban J connectivity index is 2.52. The van der Waals surface area contributed by atoms with Crippen LogP contribution in [0.2, 0.25) is 5.02 Å². The maximum absolute atomic E-state index is 8.75. The van der Waals surface area contributed by atoms with Crippen molar-refractivity contribution < 1.29 is 9.84 Å². The number of hydrogen-bond donors (Lipinski definition) is 2. The number of aliphatic hydroxyl groups is 1. The molecule has 0 saturated carbocycles. The predicted octanol–water partition coefficient (Wildman–Crippen LogP) is 2.60. The van der Waals surface area contributed by atoms with E-state index in [-0.39, 0.29) is 6.61 Å². The lowest BCUT2D eigenvalue weighted by Crippen LogP contribution is -2.25. The number of benzene rings is 1.